The van der Waals surface area contributed by atoms with E-state index in [1.807, 2.05) is 0 Å². The fraction of sp³-hybridized carbons (Fsp3) is 0.357. The zero-order chi connectivity index (χ0) is 18.4. The number of nitrogens with two attached hydrogens (primary N) is 1. The smallest absolute Gasteiger partial charge is 0.316 e. The van der Waals surface area contributed by atoms with Gasteiger partial charge in [-0.25, -0.2) is 4.98 Å². The van der Waals surface area contributed by atoms with Crippen LogP contribution in [0.15, 0.2) is 18.9 Å². The number of hydrogen-bond donors (Lipinski definition) is 2. The summed E-state index contributed by atoms with van der Waals surface area (Å²) in [5.41, 5.74) is 4.35. The topological polar surface area (TPSA) is 134 Å². The Morgan fingerprint density at radius 1 is 1.56 bits per heavy atom. The molecule has 1 aromatic rings. The molecule has 2 amide bonds. The van der Waals surface area contributed by atoms with E-state index in [2.05, 4.69) is 11.6 Å². The largest absolute Gasteiger partial charge is 0.481 e. The lowest BCUT2D eigenvalue weighted by molar-refractivity contribution is -0.154. The second kappa shape index (κ2) is 6.15. The number of aliphatic carboxylic acids is 1. The highest BCUT2D eigenvalue weighted by Gasteiger charge is 2.59. The van der Waals surface area contributed by atoms with E-state index in [-0.39, 0.29) is 23.7 Å². The zero-order valence-electron chi connectivity index (χ0n) is 12.8. The van der Waals surface area contributed by atoms with Crippen molar-refractivity contribution < 1.29 is 24.3 Å². The van der Waals surface area contributed by atoms with Gasteiger partial charge in [-0.1, -0.05) is 17.4 Å². The Bertz CT molecular complexity index is 781. The second-order valence-electron chi connectivity index (χ2n) is 5.64. The molecule has 1 aromatic heterocycles. The summed E-state index contributed by atoms with van der Waals surface area (Å²) >= 11 is 2.23. The van der Waals surface area contributed by atoms with E-state index in [1.54, 1.807) is 0 Å². The third-order valence-corrected chi connectivity index (χ3v) is 6.62. The van der Waals surface area contributed by atoms with Crippen LogP contribution in [-0.4, -0.2) is 62.8 Å². The maximum absolute atomic E-state index is 12.6. The highest BCUT2D eigenvalue weighted by molar-refractivity contribution is 8.00. The molecule has 0 aromatic carbocycles. The molecule has 0 bridgehead atoms. The first kappa shape index (κ1) is 17.4. The summed E-state index contributed by atoms with van der Waals surface area (Å²) in [6, 6.07) is -0.890. The van der Waals surface area contributed by atoms with E-state index in [4.69, 9.17) is 5.73 Å². The number of carbonyl (C=O) groups excluding carboxylic acids is 3. The lowest BCUT2D eigenvalue weighted by Gasteiger charge is -2.55. The Morgan fingerprint density at radius 3 is 2.80 bits per heavy atom. The van der Waals surface area contributed by atoms with Gasteiger partial charge in [-0.05, 0) is 0 Å². The van der Waals surface area contributed by atoms with Crippen LogP contribution >= 0.6 is 23.1 Å². The van der Waals surface area contributed by atoms with Gasteiger partial charge in [-0.2, -0.15) is 0 Å². The number of nitrogens with zero attached hydrogens (tertiary/aromatic N) is 3. The van der Waals surface area contributed by atoms with Gasteiger partial charge >= 0.3 is 5.97 Å². The summed E-state index contributed by atoms with van der Waals surface area (Å²) in [5.74, 6) is -2.14. The van der Waals surface area contributed by atoms with Crippen molar-refractivity contribution in [3.8, 4) is 0 Å². The molecule has 3 N–H and O–H groups in total. The average Bonchev–Trinajstić information content (AvgIpc) is 3.03. The molecule has 2 aliphatic rings. The fourth-order valence-electron chi connectivity index (χ4n) is 2.85. The number of rotatable bonds is 5. The predicted molar refractivity (Wildman–Crippen MR) is 92.1 cm³/mol. The molecule has 3 atom stereocenters. The number of amides is 2. The summed E-state index contributed by atoms with van der Waals surface area (Å²) in [4.78, 5) is 53.5. The quantitative estimate of drug-likeness (QED) is 0.309. The predicted octanol–water partition coefficient (Wildman–Crippen LogP) is -0.202. The third kappa shape index (κ3) is 2.59. The molecule has 0 radical (unpaired) electrons. The highest BCUT2D eigenvalue weighted by atomic mass is 32.2. The monoisotopic (exact) mass is 382 g/mol. The van der Waals surface area contributed by atoms with Crippen molar-refractivity contribution >= 4 is 57.3 Å². The number of aldehydes is 1. The molecule has 0 saturated carbocycles. The lowest BCUT2D eigenvalue weighted by Crippen LogP contribution is -2.74. The van der Waals surface area contributed by atoms with E-state index < -0.39 is 34.6 Å². The van der Waals surface area contributed by atoms with E-state index in [0.717, 1.165) is 16.2 Å². The molecule has 25 heavy (non-hydrogen) atoms. The fourth-order valence-corrected chi connectivity index (χ4v) is 5.15. The van der Waals surface area contributed by atoms with E-state index >= 15 is 0 Å². The Morgan fingerprint density at radius 2 is 2.28 bits per heavy atom. The molecular formula is C14H14N4O5S2. The SMILES string of the molecule is C=CC1(C(=O)O)CS[C@@H]2C(N(C(=O)C=O)c3cnc(N)s3)C(=O)N2C1. The minimum Gasteiger partial charge on any atom is -0.481 e. The highest BCUT2D eigenvalue weighted by Crippen LogP contribution is 2.45. The molecule has 2 aliphatic heterocycles. The second-order valence-corrected chi connectivity index (χ2v) is 7.79. The van der Waals surface area contributed by atoms with Crippen molar-refractivity contribution in [1.29, 1.82) is 0 Å². The van der Waals surface area contributed by atoms with Crippen molar-refractivity contribution in [1.82, 2.24) is 9.88 Å². The van der Waals surface area contributed by atoms with Crippen LogP contribution in [0.2, 0.25) is 0 Å². The van der Waals surface area contributed by atoms with Crippen molar-refractivity contribution in [3.63, 3.8) is 0 Å². The van der Waals surface area contributed by atoms with Gasteiger partial charge in [0.1, 0.15) is 21.8 Å². The molecule has 9 nitrogen and oxygen atoms in total. The number of aromatic nitrogens is 1. The van der Waals surface area contributed by atoms with Crippen LogP contribution < -0.4 is 10.6 Å². The molecule has 3 heterocycles. The van der Waals surface area contributed by atoms with Gasteiger partial charge < -0.3 is 15.7 Å². The van der Waals surface area contributed by atoms with Crippen LogP contribution in [0.5, 0.6) is 0 Å². The lowest BCUT2D eigenvalue weighted by atomic mass is 9.87. The number of carbonyl (C=O) groups is 4. The molecule has 2 saturated heterocycles. The summed E-state index contributed by atoms with van der Waals surface area (Å²) in [7, 11) is 0. The molecular weight excluding hydrogens is 368 g/mol. The maximum Gasteiger partial charge on any atom is 0.316 e. The van der Waals surface area contributed by atoms with Crippen LogP contribution in [0.25, 0.3) is 0 Å². The van der Waals surface area contributed by atoms with Gasteiger partial charge in [0, 0.05) is 12.3 Å². The number of thioether (sulfide) groups is 1. The maximum atomic E-state index is 12.6. The summed E-state index contributed by atoms with van der Waals surface area (Å²) < 4.78 is 0. The standard InChI is InChI=1S/C14H14N4O5S2/c1-2-14(12(22)23)5-17-10(21)9(11(17)24-6-14)18(7(20)4-19)8-3-16-13(15)25-8/h2-4,9,11H,1,5-6H2,(H2,15,16)(H,22,23)/t9?,11-,14?/m1/s1. The summed E-state index contributed by atoms with van der Waals surface area (Å²) in [5, 5.41) is 9.50. The van der Waals surface area contributed by atoms with Crippen molar-refractivity contribution in [2.75, 3.05) is 22.9 Å². The Labute approximate surface area is 150 Å². The summed E-state index contributed by atoms with van der Waals surface area (Å²) in [6.45, 7) is 3.55. The van der Waals surface area contributed by atoms with Gasteiger partial charge in [0.05, 0.1) is 6.20 Å². The Hall–Kier alpha value is -2.40. The summed E-state index contributed by atoms with van der Waals surface area (Å²) in [6.07, 6.45) is 2.79. The number of β-lactam (4-membered cyclic amide) rings is 1. The number of carboxylic acids is 1. The minimum atomic E-state index is -1.23. The van der Waals surface area contributed by atoms with E-state index in [1.165, 1.54) is 28.9 Å². The Balaban J connectivity index is 1.88. The first-order valence-electron chi connectivity index (χ1n) is 7.13. The van der Waals surface area contributed by atoms with Crippen LogP contribution in [0.4, 0.5) is 10.1 Å². The molecule has 0 aliphatic carbocycles. The number of nitrogen functional groups attached to an aromatic ring is 1. The molecule has 132 valence electrons. The van der Waals surface area contributed by atoms with Gasteiger partial charge in [0.25, 0.3) is 5.91 Å². The number of hydrogen-bond acceptors (Lipinski definition) is 8. The average molecular weight is 382 g/mol. The van der Waals surface area contributed by atoms with Crippen molar-refractivity contribution in [3.05, 3.63) is 18.9 Å². The minimum absolute atomic E-state index is 0.0210. The van der Waals surface area contributed by atoms with Crippen LogP contribution in [0.3, 0.4) is 0 Å². The number of thiazole rings is 1. The van der Waals surface area contributed by atoms with Gasteiger partial charge in [0.2, 0.25) is 12.2 Å². The third-order valence-electron chi connectivity index (χ3n) is 4.26. The molecule has 11 heteroatoms. The Kier molecular flexibility index (Phi) is 4.29. The van der Waals surface area contributed by atoms with Crippen LogP contribution in [0.1, 0.15) is 0 Å². The van der Waals surface area contributed by atoms with Gasteiger partial charge in [-0.15, -0.1) is 18.3 Å². The molecule has 2 fully saturated rings. The van der Waals surface area contributed by atoms with Crippen molar-refractivity contribution in [2.24, 2.45) is 5.41 Å². The number of carboxylic acid groups (broad SMARTS) is 1. The number of anilines is 2. The van der Waals surface area contributed by atoms with Gasteiger partial charge in [-0.3, -0.25) is 24.1 Å². The zero-order valence-corrected chi connectivity index (χ0v) is 14.5. The molecule has 3 rings (SSSR count). The van der Waals surface area contributed by atoms with E-state index in [0.29, 0.717) is 5.00 Å². The first-order chi connectivity index (χ1) is 11.8. The molecule has 0 spiro atoms. The first-order valence-corrected chi connectivity index (χ1v) is 9.00. The molecule has 2 unspecified atom stereocenters. The van der Waals surface area contributed by atoms with Crippen LogP contribution in [0, 0.1) is 5.41 Å². The van der Waals surface area contributed by atoms with E-state index in [9.17, 15) is 24.3 Å². The normalized spacial score (nSPS) is 27.8. The van der Waals surface area contributed by atoms with Gasteiger partial charge in [0.15, 0.2) is 5.13 Å². The van der Waals surface area contributed by atoms with Crippen LogP contribution in [-0.2, 0) is 19.2 Å². The van der Waals surface area contributed by atoms with Crippen molar-refractivity contribution in [2.45, 2.75) is 11.4 Å². The number of fused-ring (bicyclic) bond motifs is 1.